The molecule has 0 aromatic heterocycles. The maximum atomic E-state index is 11.2. The van der Waals surface area contributed by atoms with Gasteiger partial charge in [0.25, 0.3) is 0 Å². The van der Waals surface area contributed by atoms with Crippen LogP contribution in [0.25, 0.3) is 0 Å². The molecule has 1 aliphatic rings. The largest absolute Gasteiger partial charge is 0.299 e. The normalized spacial score (nSPS) is 24.5. The van der Waals surface area contributed by atoms with Crippen molar-refractivity contribution in [3.8, 4) is 0 Å². The van der Waals surface area contributed by atoms with E-state index in [2.05, 4.69) is 6.92 Å². The van der Waals surface area contributed by atoms with Gasteiger partial charge in [0.1, 0.15) is 5.78 Å². The van der Waals surface area contributed by atoms with Crippen LogP contribution in [0.2, 0.25) is 0 Å². The van der Waals surface area contributed by atoms with E-state index in [4.69, 9.17) is 0 Å². The first kappa shape index (κ1) is 9.11. The van der Waals surface area contributed by atoms with Gasteiger partial charge in [0.2, 0.25) is 0 Å². The molecule has 1 atom stereocenters. The Morgan fingerprint density at radius 3 is 3.00 bits per heavy atom. The lowest BCUT2D eigenvalue weighted by Gasteiger charge is -2.05. The topological polar surface area (TPSA) is 17.1 Å². The number of rotatable bonds is 4. The van der Waals surface area contributed by atoms with Crippen molar-refractivity contribution < 1.29 is 4.79 Å². The van der Waals surface area contributed by atoms with Gasteiger partial charge in [0.15, 0.2) is 0 Å². The summed E-state index contributed by atoms with van der Waals surface area (Å²) in [5.41, 5.74) is 0. The number of hydrogen-bond donors (Lipinski definition) is 0. The highest BCUT2D eigenvalue weighted by Crippen LogP contribution is 2.24. The molecule has 2 heteroatoms. The first-order valence-electron chi connectivity index (χ1n) is 4.45. The molecular weight excluding hydrogens is 156 g/mol. The molecule has 0 N–H and O–H groups in total. The van der Waals surface area contributed by atoms with Crippen LogP contribution in [0, 0.1) is 5.92 Å². The average Bonchev–Trinajstić information content (AvgIpc) is 2.37. The van der Waals surface area contributed by atoms with Gasteiger partial charge in [0.05, 0.1) is 0 Å². The zero-order valence-electron chi connectivity index (χ0n) is 7.14. The predicted octanol–water partition coefficient (Wildman–Crippen LogP) is 2.50. The minimum atomic E-state index is 0.409. The van der Waals surface area contributed by atoms with Crippen molar-refractivity contribution in [2.24, 2.45) is 5.92 Å². The average molecular weight is 172 g/mol. The zero-order chi connectivity index (χ0) is 8.10. The summed E-state index contributed by atoms with van der Waals surface area (Å²) in [5.74, 6) is 3.20. The molecule has 1 fully saturated rings. The summed E-state index contributed by atoms with van der Waals surface area (Å²) in [6.07, 6.45) is 4.36. The molecule has 0 radical (unpaired) electrons. The molecule has 0 spiro atoms. The van der Waals surface area contributed by atoms with Gasteiger partial charge in [-0.05, 0) is 25.0 Å². The lowest BCUT2D eigenvalue weighted by Crippen LogP contribution is -2.08. The fourth-order valence-electron chi connectivity index (χ4n) is 1.43. The van der Waals surface area contributed by atoms with Crippen molar-refractivity contribution in [3.63, 3.8) is 0 Å². The summed E-state index contributed by atoms with van der Waals surface area (Å²) in [4.78, 5) is 11.2. The van der Waals surface area contributed by atoms with Crippen LogP contribution in [0.15, 0.2) is 0 Å². The van der Waals surface area contributed by atoms with Crippen LogP contribution >= 0.6 is 11.8 Å². The third-order valence-corrected chi connectivity index (χ3v) is 3.43. The molecule has 1 nitrogen and oxygen atoms in total. The Morgan fingerprint density at radius 1 is 1.64 bits per heavy atom. The lowest BCUT2D eigenvalue weighted by atomic mass is 10.1. The van der Waals surface area contributed by atoms with Gasteiger partial charge in [-0.2, -0.15) is 11.8 Å². The van der Waals surface area contributed by atoms with Crippen LogP contribution in [-0.4, -0.2) is 17.3 Å². The second-order valence-corrected chi connectivity index (χ2v) is 4.28. The fraction of sp³-hybridized carbons (Fsp3) is 0.889. The van der Waals surface area contributed by atoms with Gasteiger partial charge in [-0.3, -0.25) is 4.79 Å². The lowest BCUT2D eigenvalue weighted by molar-refractivity contribution is -0.120. The molecule has 0 amide bonds. The summed E-state index contributed by atoms with van der Waals surface area (Å²) in [5, 5.41) is 0. The van der Waals surface area contributed by atoms with Crippen LogP contribution < -0.4 is 0 Å². The van der Waals surface area contributed by atoms with E-state index in [1.165, 1.54) is 12.2 Å². The van der Waals surface area contributed by atoms with Gasteiger partial charge in [-0.1, -0.05) is 6.92 Å². The standard InChI is InChI=1S/C9H16OS/c1-2-6-11-7-8-4-3-5-9(8)10/h8H,2-7H2,1H3. The molecule has 0 aromatic rings. The van der Waals surface area contributed by atoms with Crippen LogP contribution in [0.5, 0.6) is 0 Å². The molecule has 1 aliphatic carbocycles. The minimum Gasteiger partial charge on any atom is -0.299 e. The van der Waals surface area contributed by atoms with E-state index in [0.29, 0.717) is 11.7 Å². The van der Waals surface area contributed by atoms with Crippen molar-refractivity contribution in [3.05, 3.63) is 0 Å². The van der Waals surface area contributed by atoms with Crippen molar-refractivity contribution in [1.82, 2.24) is 0 Å². The number of carbonyl (C=O) groups is 1. The van der Waals surface area contributed by atoms with E-state index >= 15 is 0 Å². The molecule has 0 saturated heterocycles. The molecule has 11 heavy (non-hydrogen) atoms. The number of ketones is 1. The number of carbonyl (C=O) groups excluding carboxylic acids is 1. The van der Waals surface area contributed by atoms with E-state index in [1.54, 1.807) is 0 Å². The summed E-state index contributed by atoms with van der Waals surface area (Å²) in [6, 6.07) is 0. The Kier molecular flexibility index (Phi) is 3.98. The third-order valence-electron chi connectivity index (χ3n) is 2.10. The van der Waals surface area contributed by atoms with E-state index in [0.717, 1.165) is 25.0 Å². The van der Waals surface area contributed by atoms with Gasteiger partial charge in [-0.25, -0.2) is 0 Å². The van der Waals surface area contributed by atoms with Crippen molar-refractivity contribution in [1.29, 1.82) is 0 Å². The molecule has 0 bridgehead atoms. The molecule has 0 aliphatic heterocycles. The van der Waals surface area contributed by atoms with E-state index < -0.39 is 0 Å². The molecule has 1 saturated carbocycles. The second-order valence-electron chi connectivity index (χ2n) is 3.13. The summed E-state index contributed by atoms with van der Waals surface area (Å²) in [6.45, 7) is 2.18. The summed E-state index contributed by atoms with van der Waals surface area (Å²) in [7, 11) is 0. The van der Waals surface area contributed by atoms with E-state index in [9.17, 15) is 4.79 Å². The monoisotopic (exact) mass is 172 g/mol. The smallest absolute Gasteiger partial charge is 0.136 e. The third kappa shape index (κ3) is 2.86. The van der Waals surface area contributed by atoms with Gasteiger partial charge >= 0.3 is 0 Å². The Balaban J connectivity index is 2.10. The molecule has 0 aromatic carbocycles. The Hall–Kier alpha value is 0.0200. The fourth-order valence-corrected chi connectivity index (χ4v) is 2.53. The van der Waals surface area contributed by atoms with E-state index in [-0.39, 0.29) is 0 Å². The van der Waals surface area contributed by atoms with Gasteiger partial charge in [-0.15, -0.1) is 0 Å². The first-order chi connectivity index (χ1) is 5.34. The Labute approximate surface area is 72.9 Å². The van der Waals surface area contributed by atoms with E-state index in [1.807, 2.05) is 11.8 Å². The van der Waals surface area contributed by atoms with Crippen LogP contribution in [0.1, 0.15) is 32.6 Å². The highest BCUT2D eigenvalue weighted by Gasteiger charge is 2.23. The predicted molar refractivity (Wildman–Crippen MR) is 50.0 cm³/mol. The van der Waals surface area contributed by atoms with Crippen molar-refractivity contribution >= 4 is 17.5 Å². The van der Waals surface area contributed by atoms with Crippen LogP contribution in [0.4, 0.5) is 0 Å². The van der Waals surface area contributed by atoms with Crippen LogP contribution in [0.3, 0.4) is 0 Å². The minimum absolute atomic E-state index is 0.409. The SMILES string of the molecule is CCCSCC1CCCC1=O. The zero-order valence-corrected chi connectivity index (χ0v) is 7.95. The highest BCUT2D eigenvalue weighted by molar-refractivity contribution is 7.99. The molecule has 64 valence electrons. The Morgan fingerprint density at radius 2 is 2.45 bits per heavy atom. The van der Waals surface area contributed by atoms with Crippen LogP contribution in [-0.2, 0) is 4.79 Å². The quantitative estimate of drug-likeness (QED) is 0.606. The molecule has 1 unspecified atom stereocenters. The van der Waals surface area contributed by atoms with Gasteiger partial charge in [0, 0.05) is 18.1 Å². The van der Waals surface area contributed by atoms with Crippen molar-refractivity contribution in [2.45, 2.75) is 32.6 Å². The van der Waals surface area contributed by atoms with Gasteiger partial charge < -0.3 is 0 Å². The van der Waals surface area contributed by atoms with Crippen molar-refractivity contribution in [2.75, 3.05) is 11.5 Å². The second kappa shape index (κ2) is 4.81. The number of Topliss-reactive ketones (excluding diaryl/α,β-unsaturated/α-hetero) is 1. The maximum absolute atomic E-state index is 11.2. The molecule has 0 heterocycles. The highest BCUT2D eigenvalue weighted by atomic mass is 32.2. The number of hydrogen-bond acceptors (Lipinski definition) is 2. The summed E-state index contributed by atoms with van der Waals surface area (Å²) < 4.78 is 0. The molecule has 1 rings (SSSR count). The molecular formula is C9H16OS. The summed E-state index contributed by atoms with van der Waals surface area (Å²) >= 11 is 1.93. The maximum Gasteiger partial charge on any atom is 0.136 e. The first-order valence-corrected chi connectivity index (χ1v) is 5.60. The Bertz CT molecular complexity index is 134. The number of thioether (sulfide) groups is 1.